The van der Waals surface area contributed by atoms with E-state index in [2.05, 4.69) is 0 Å². The zero-order valence-corrected chi connectivity index (χ0v) is 16.4. The molecule has 0 amide bonds. The average Bonchev–Trinajstić information content (AvgIpc) is 2.55. The summed E-state index contributed by atoms with van der Waals surface area (Å²) in [5, 5.41) is 0. The van der Waals surface area contributed by atoms with Crippen LogP contribution in [0, 0.1) is 20.8 Å². The minimum absolute atomic E-state index is 0.252. The average molecular weight is 363 g/mol. The number of rotatable bonds is 6. The van der Waals surface area contributed by atoms with E-state index in [1.165, 1.54) is 4.31 Å². The molecule has 0 saturated carbocycles. The summed E-state index contributed by atoms with van der Waals surface area (Å²) in [4.78, 5) is 0.332. The molecule has 5 nitrogen and oxygen atoms in total. The molecule has 0 N–H and O–H groups in total. The number of methoxy groups -OCH3 is 2. The van der Waals surface area contributed by atoms with Crippen LogP contribution in [0.3, 0.4) is 0 Å². The van der Waals surface area contributed by atoms with Gasteiger partial charge in [0, 0.05) is 13.6 Å². The lowest BCUT2D eigenvalue weighted by atomic mass is 10.1. The third-order valence-electron chi connectivity index (χ3n) is 4.25. The number of hydrogen-bond donors (Lipinski definition) is 0. The molecule has 0 atom stereocenters. The van der Waals surface area contributed by atoms with E-state index in [0.29, 0.717) is 16.4 Å². The van der Waals surface area contributed by atoms with E-state index >= 15 is 0 Å². The van der Waals surface area contributed by atoms with Gasteiger partial charge in [0.1, 0.15) is 0 Å². The van der Waals surface area contributed by atoms with Gasteiger partial charge in [-0.25, -0.2) is 8.42 Å². The molecule has 0 unspecified atom stereocenters. The molecule has 6 heteroatoms. The van der Waals surface area contributed by atoms with Crippen LogP contribution < -0.4 is 9.47 Å². The van der Waals surface area contributed by atoms with Crippen LogP contribution in [0.15, 0.2) is 35.2 Å². The molecule has 0 aliphatic rings. The van der Waals surface area contributed by atoms with Crippen LogP contribution in [0.25, 0.3) is 0 Å². The highest BCUT2D eigenvalue weighted by atomic mass is 32.2. The van der Waals surface area contributed by atoms with Crippen molar-refractivity contribution in [1.29, 1.82) is 0 Å². The van der Waals surface area contributed by atoms with E-state index in [1.54, 1.807) is 27.3 Å². The fraction of sp³-hybridized carbons (Fsp3) is 0.368. The molecule has 0 spiro atoms. The molecule has 2 rings (SSSR count). The Balaban J connectivity index is 2.37. The molecular formula is C19H25NO4S. The summed E-state index contributed by atoms with van der Waals surface area (Å²) in [5.74, 6) is 1.21. The summed E-state index contributed by atoms with van der Waals surface area (Å²) in [6, 6.07) is 9.03. The van der Waals surface area contributed by atoms with Gasteiger partial charge in [0.05, 0.1) is 19.1 Å². The standard InChI is InChI=1S/C19H25NO4S/c1-13-7-8-19(15(3)9-13)25(21,22)20(4)12-16-11-18(24-6)17(23-5)10-14(16)2/h7-11H,12H2,1-6H3. The molecule has 0 aliphatic carbocycles. The number of nitrogens with zero attached hydrogens (tertiary/aromatic N) is 1. The molecule has 25 heavy (non-hydrogen) atoms. The van der Waals surface area contributed by atoms with E-state index in [4.69, 9.17) is 9.47 Å². The number of sulfonamides is 1. The number of hydrogen-bond acceptors (Lipinski definition) is 4. The second-order valence-electron chi connectivity index (χ2n) is 6.16. The van der Waals surface area contributed by atoms with Crippen LogP contribution in [0.4, 0.5) is 0 Å². The minimum Gasteiger partial charge on any atom is -0.493 e. The summed E-state index contributed by atoms with van der Waals surface area (Å²) in [6.45, 7) is 5.94. The first-order chi connectivity index (χ1) is 11.7. The fourth-order valence-electron chi connectivity index (χ4n) is 2.77. The van der Waals surface area contributed by atoms with Gasteiger partial charge in [-0.2, -0.15) is 4.31 Å². The molecule has 0 heterocycles. The Bertz CT molecular complexity index is 875. The number of ether oxygens (including phenoxy) is 2. The van der Waals surface area contributed by atoms with Gasteiger partial charge in [0.2, 0.25) is 10.0 Å². The second-order valence-corrected chi connectivity index (χ2v) is 8.18. The third kappa shape index (κ3) is 3.96. The van der Waals surface area contributed by atoms with Crippen molar-refractivity contribution in [1.82, 2.24) is 4.31 Å². The minimum atomic E-state index is -3.58. The zero-order valence-electron chi connectivity index (χ0n) is 15.6. The lowest BCUT2D eigenvalue weighted by molar-refractivity contribution is 0.353. The van der Waals surface area contributed by atoms with E-state index in [0.717, 1.165) is 22.3 Å². The van der Waals surface area contributed by atoms with Crippen molar-refractivity contribution >= 4 is 10.0 Å². The van der Waals surface area contributed by atoms with Crippen LogP contribution in [0.1, 0.15) is 22.3 Å². The summed E-state index contributed by atoms with van der Waals surface area (Å²) in [6.07, 6.45) is 0. The lowest BCUT2D eigenvalue weighted by Gasteiger charge is -2.21. The topological polar surface area (TPSA) is 55.8 Å². The van der Waals surface area contributed by atoms with E-state index in [9.17, 15) is 8.42 Å². The van der Waals surface area contributed by atoms with Gasteiger partial charge in [0.25, 0.3) is 0 Å². The van der Waals surface area contributed by atoms with E-state index < -0.39 is 10.0 Å². The van der Waals surface area contributed by atoms with E-state index in [-0.39, 0.29) is 6.54 Å². The van der Waals surface area contributed by atoms with Crippen molar-refractivity contribution in [2.75, 3.05) is 21.3 Å². The largest absolute Gasteiger partial charge is 0.493 e. The highest BCUT2D eigenvalue weighted by Crippen LogP contribution is 2.31. The Hall–Kier alpha value is -2.05. The summed E-state index contributed by atoms with van der Waals surface area (Å²) in [5.41, 5.74) is 3.60. The third-order valence-corrected chi connectivity index (χ3v) is 6.22. The Morgan fingerprint density at radius 1 is 0.920 bits per heavy atom. The van der Waals surface area contributed by atoms with Crippen LogP contribution in [0.2, 0.25) is 0 Å². The summed E-state index contributed by atoms with van der Waals surface area (Å²) < 4.78 is 37.8. The SMILES string of the molecule is COc1cc(C)c(CN(C)S(=O)(=O)c2ccc(C)cc2C)cc1OC. The van der Waals surface area contributed by atoms with Gasteiger partial charge in [-0.1, -0.05) is 17.7 Å². The van der Waals surface area contributed by atoms with Crippen LogP contribution in [0.5, 0.6) is 11.5 Å². The maximum atomic E-state index is 12.9. The monoisotopic (exact) mass is 363 g/mol. The summed E-state index contributed by atoms with van der Waals surface area (Å²) >= 11 is 0. The van der Waals surface area contributed by atoms with Gasteiger partial charge < -0.3 is 9.47 Å². The smallest absolute Gasteiger partial charge is 0.243 e. The molecule has 0 saturated heterocycles. The van der Waals surface area contributed by atoms with Crippen molar-refractivity contribution in [2.45, 2.75) is 32.2 Å². The normalized spacial score (nSPS) is 11.6. The molecule has 0 aliphatic heterocycles. The zero-order chi connectivity index (χ0) is 18.8. The molecule has 0 fully saturated rings. The van der Waals surface area contributed by atoms with Gasteiger partial charge in [-0.15, -0.1) is 0 Å². The first kappa shape index (κ1) is 19.3. The highest BCUT2D eigenvalue weighted by molar-refractivity contribution is 7.89. The molecule has 0 aromatic heterocycles. The van der Waals surface area contributed by atoms with Crippen LogP contribution in [-0.2, 0) is 16.6 Å². The van der Waals surface area contributed by atoms with Crippen molar-refractivity contribution in [3.05, 3.63) is 52.6 Å². The number of aryl methyl sites for hydroxylation is 3. The van der Waals surface area contributed by atoms with Crippen LogP contribution in [-0.4, -0.2) is 34.0 Å². The van der Waals surface area contributed by atoms with Gasteiger partial charge in [-0.3, -0.25) is 0 Å². The molecule has 0 bridgehead atoms. The van der Waals surface area contributed by atoms with Crippen molar-refractivity contribution < 1.29 is 17.9 Å². The maximum absolute atomic E-state index is 12.9. The Kier molecular flexibility index (Phi) is 5.75. The van der Waals surface area contributed by atoms with Gasteiger partial charge >= 0.3 is 0 Å². The molecule has 2 aromatic rings. The van der Waals surface area contributed by atoms with Crippen molar-refractivity contribution in [3.63, 3.8) is 0 Å². The van der Waals surface area contributed by atoms with Gasteiger partial charge in [0.15, 0.2) is 11.5 Å². The van der Waals surface area contributed by atoms with Crippen molar-refractivity contribution in [3.8, 4) is 11.5 Å². The highest BCUT2D eigenvalue weighted by Gasteiger charge is 2.24. The van der Waals surface area contributed by atoms with Crippen molar-refractivity contribution in [2.24, 2.45) is 0 Å². The molecule has 136 valence electrons. The second kappa shape index (κ2) is 7.45. The molecule has 0 radical (unpaired) electrons. The first-order valence-electron chi connectivity index (χ1n) is 7.95. The predicted octanol–water partition coefficient (Wildman–Crippen LogP) is 3.45. The predicted molar refractivity (Wildman–Crippen MR) is 98.9 cm³/mol. The number of benzene rings is 2. The van der Waals surface area contributed by atoms with E-state index in [1.807, 2.05) is 45.0 Å². The Labute approximate surface area is 150 Å². The first-order valence-corrected chi connectivity index (χ1v) is 9.39. The van der Waals surface area contributed by atoms with Crippen LogP contribution >= 0.6 is 0 Å². The fourth-order valence-corrected chi connectivity index (χ4v) is 4.13. The van der Waals surface area contributed by atoms with Gasteiger partial charge in [-0.05, 0) is 55.7 Å². The maximum Gasteiger partial charge on any atom is 0.243 e. The summed E-state index contributed by atoms with van der Waals surface area (Å²) in [7, 11) is 1.15. The Morgan fingerprint density at radius 3 is 2.08 bits per heavy atom. The quantitative estimate of drug-likeness (QED) is 0.789. The molecular weight excluding hydrogens is 338 g/mol. The molecule has 2 aromatic carbocycles. The Morgan fingerprint density at radius 2 is 1.52 bits per heavy atom. The lowest BCUT2D eigenvalue weighted by Crippen LogP contribution is -2.27.